The number of anilines is 1. The minimum atomic E-state index is -0.662. The number of benzene rings is 3. The van der Waals surface area contributed by atoms with Crippen LogP contribution in [0.4, 0.5) is 5.69 Å². The lowest BCUT2D eigenvalue weighted by Gasteiger charge is -2.48. The van der Waals surface area contributed by atoms with Crippen LogP contribution in [0.25, 0.3) is 0 Å². The third-order valence-electron chi connectivity index (χ3n) is 7.31. The van der Waals surface area contributed by atoms with E-state index in [1.807, 2.05) is 56.3 Å². The zero-order chi connectivity index (χ0) is 23.7. The van der Waals surface area contributed by atoms with Gasteiger partial charge in [-0.15, -0.1) is 0 Å². The van der Waals surface area contributed by atoms with Gasteiger partial charge in [0.2, 0.25) is 0 Å². The number of rotatable bonds is 4. The van der Waals surface area contributed by atoms with Crippen LogP contribution in [0.5, 0.6) is 0 Å². The van der Waals surface area contributed by atoms with Gasteiger partial charge in [-0.2, -0.15) is 0 Å². The monoisotopic (exact) mass is 455 g/mol. The Labute approximate surface area is 202 Å². The van der Waals surface area contributed by atoms with Crippen LogP contribution in [0.3, 0.4) is 0 Å². The summed E-state index contributed by atoms with van der Waals surface area (Å²) in [5, 5.41) is 11.5. The number of nitrogens with zero attached hydrogens (tertiary/aromatic N) is 3. The van der Waals surface area contributed by atoms with Gasteiger partial charge in [-0.1, -0.05) is 66.2 Å². The highest BCUT2D eigenvalue weighted by molar-refractivity contribution is 6.07. The summed E-state index contributed by atoms with van der Waals surface area (Å²) in [7, 11) is 0. The van der Waals surface area contributed by atoms with Crippen molar-refractivity contribution < 1.29 is 9.90 Å². The number of carbonyl (C=O) groups excluding carboxylic acids is 1. The van der Waals surface area contributed by atoms with Crippen LogP contribution in [0.15, 0.2) is 78.9 Å². The summed E-state index contributed by atoms with van der Waals surface area (Å²) in [6.45, 7) is 8.63. The maximum absolute atomic E-state index is 13.5. The van der Waals surface area contributed by atoms with Gasteiger partial charge in [-0.05, 0) is 43.2 Å². The fourth-order valence-electron chi connectivity index (χ4n) is 5.36. The van der Waals surface area contributed by atoms with Gasteiger partial charge < -0.3 is 10.0 Å². The van der Waals surface area contributed by atoms with Crippen molar-refractivity contribution in [2.75, 3.05) is 31.1 Å². The van der Waals surface area contributed by atoms with E-state index in [2.05, 4.69) is 46.2 Å². The van der Waals surface area contributed by atoms with Crippen molar-refractivity contribution in [3.05, 3.63) is 101 Å². The van der Waals surface area contributed by atoms with E-state index in [4.69, 9.17) is 0 Å². The molecular weight excluding hydrogens is 422 g/mol. The van der Waals surface area contributed by atoms with E-state index in [1.54, 1.807) is 4.90 Å². The van der Waals surface area contributed by atoms with Gasteiger partial charge in [0.05, 0.1) is 18.2 Å². The van der Waals surface area contributed by atoms with Gasteiger partial charge in [0, 0.05) is 44.0 Å². The van der Waals surface area contributed by atoms with Gasteiger partial charge in [-0.3, -0.25) is 14.6 Å². The molecule has 3 aromatic carbocycles. The summed E-state index contributed by atoms with van der Waals surface area (Å²) in [6.07, 6.45) is -0.662. The lowest BCUT2D eigenvalue weighted by molar-refractivity contribution is 0.00109. The van der Waals surface area contributed by atoms with Crippen molar-refractivity contribution in [2.45, 2.75) is 38.6 Å². The molecule has 34 heavy (non-hydrogen) atoms. The second-order valence-corrected chi connectivity index (χ2v) is 9.57. The predicted octanol–water partition coefficient (Wildman–Crippen LogP) is 4.26. The fourth-order valence-corrected chi connectivity index (χ4v) is 5.36. The molecule has 1 saturated heterocycles. The maximum atomic E-state index is 13.5. The Kier molecular flexibility index (Phi) is 6.50. The fraction of sp³-hybridized carbons (Fsp3) is 0.345. The Morgan fingerprint density at radius 2 is 1.53 bits per heavy atom. The SMILES string of the molecule is Cc1ccc(C(=O)N2c3ccccc3[C@H](N3CCN(Cc4ccccc4)CC3)[C@@H](O)[C@H]2C)cc1. The molecule has 5 nitrogen and oxygen atoms in total. The molecule has 0 radical (unpaired) electrons. The molecule has 0 bridgehead atoms. The molecule has 176 valence electrons. The van der Waals surface area contributed by atoms with Crippen molar-refractivity contribution in [1.29, 1.82) is 0 Å². The highest BCUT2D eigenvalue weighted by Crippen LogP contribution is 2.41. The molecule has 0 saturated carbocycles. The van der Waals surface area contributed by atoms with Crippen molar-refractivity contribution in [1.82, 2.24) is 9.80 Å². The largest absolute Gasteiger partial charge is 0.389 e. The quantitative estimate of drug-likeness (QED) is 0.639. The third-order valence-corrected chi connectivity index (χ3v) is 7.31. The van der Waals surface area contributed by atoms with E-state index in [0.29, 0.717) is 5.56 Å². The first kappa shape index (κ1) is 22.8. The number of para-hydroxylation sites is 1. The summed E-state index contributed by atoms with van der Waals surface area (Å²) in [5.41, 5.74) is 5.04. The van der Waals surface area contributed by atoms with Crippen LogP contribution in [0.2, 0.25) is 0 Å². The highest BCUT2D eigenvalue weighted by atomic mass is 16.3. The highest BCUT2D eigenvalue weighted by Gasteiger charge is 2.43. The predicted molar refractivity (Wildman–Crippen MR) is 136 cm³/mol. The van der Waals surface area contributed by atoms with Gasteiger partial charge in [0.1, 0.15) is 0 Å². The molecule has 1 N–H and O–H groups in total. The first-order chi connectivity index (χ1) is 16.5. The Hall–Kier alpha value is -2.99. The normalized spacial score (nSPS) is 23.5. The molecule has 2 aliphatic heterocycles. The standard InChI is InChI=1S/C29H33N3O2/c1-21-12-14-24(15-13-21)29(34)32-22(2)28(33)27(25-10-6-7-11-26(25)32)31-18-16-30(17-19-31)20-23-8-4-3-5-9-23/h3-15,22,27-28,33H,16-20H2,1-2H3/t22-,27+,28+/m1/s1. The Morgan fingerprint density at radius 3 is 2.24 bits per heavy atom. The van der Waals surface area contributed by atoms with Crippen LogP contribution >= 0.6 is 0 Å². The zero-order valence-electron chi connectivity index (χ0n) is 20.0. The average Bonchev–Trinajstić information content (AvgIpc) is 2.86. The molecule has 5 heteroatoms. The Balaban J connectivity index is 1.37. The summed E-state index contributed by atoms with van der Waals surface area (Å²) in [5.74, 6) is -0.0647. The average molecular weight is 456 g/mol. The molecule has 1 amide bonds. The van der Waals surface area contributed by atoms with Crippen molar-refractivity contribution in [3.63, 3.8) is 0 Å². The van der Waals surface area contributed by atoms with Crippen LogP contribution in [0, 0.1) is 6.92 Å². The Morgan fingerprint density at radius 1 is 0.882 bits per heavy atom. The smallest absolute Gasteiger partial charge is 0.258 e. The van der Waals surface area contributed by atoms with Crippen molar-refractivity contribution >= 4 is 11.6 Å². The van der Waals surface area contributed by atoms with Crippen molar-refractivity contribution in [3.8, 4) is 0 Å². The lowest BCUT2D eigenvalue weighted by Crippen LogP contribution is -2.57. The van der Waals surface area contributed by atoms with E-state index >= 15 is 0 Å². The summed E-state index contributed by atoms with van der Waals surface area (Å²) < 4.78 is 0. The summed E-state index contributed by atoms with van der Waals surface area (Å²) >= 11 is 0. The molecule has 0 unspecified atom stereocenters. The summed E-state index contributed by atoms with van der Waals surface area (Å²) in [6, 6.07) is 25.9. The number of hydrogen-bond acceptors (Lipinski definition) is 4. The molecule has 1 fully saturated rings. The molecule has 0 spiro atoms. The van der Waals surface area contributed by atoms with Crippen LogP contribution in [-0.2, 0) is 6.54 Å². The number of aryl methyl sites for hydroxylation is 1. The van der Waals surface area contributed by atoms with E-state index in [9.17, 15) is 9.90 Å². The lowest BCUT2D eigenvalue weighted by atomic mass is 9.87. The van der Waals surface area contributed by atoms with E-state index in [1.165, 1.54) is 5.56 Å². The van der Waals surface area contributed by atoms with Crippen LogP contribution in [0.1, 0.15) is 40.0 Å². The minimum absolute atomic E-state index is 0.0647. The van der Waals surface area contributed by atoms with Crippen LogP contribution < -0.4 is 4.90 Å². The van der Waals surface area contributed by atoms with E-state index in [0.717, 1.165) is 49.5 Å². The number of aliphatic hydroxyl groups excluding tert-OH is 1. The number of carbonyl (C=O) groups is 1. The molecule has 2 heterocycles. The molecular formula is C29H33N3O2. The third kappa shape index (κ3) is 4.39. The number of amides is 1. The maximum Gasteiger partial charge on any atom is 0.258 e. The van der Waals surface area contributed by atoms with E-state index < -0.39 is 6.10 Å². The molecule has 0 aliphatic carbocycles. The number of fused-ring (bicyclic) bond motifs is 1. The van der Waals surface area contributed by atoms with Gasteiger partial charge >= 0.3 is 0 Å². The van der Waals surface area contributed by atoms with Gasteiger partial charge in [-0.25, -0.2) is 0 Å². The summed E-state index contributed by atoms with van der Waals surface area (Å²) in [4.78, 5) is 20.2. The van der Waals surface area contributed by atoms with Crippen LogP contribution in [-0.4, -0.2) is 59.1 Å². The topological polar surface area (TPSA) is 47.0 Å². The number of hydrogen-bond donors (Lipinski definition) is 1. The first-order valence-corrected chi connectivity index (χ1v) is 12.2. The van der Waals surface area contributed by atoms with Gasteiger partial charge in [0.15, 0.2) is 0 Å². The zero-order valence-corrected chi connectivity index (χ0v) is 20.0. The van der Waals surface area contributed by atoms with Crippen molar-refractivity contribution in [2.24, 2.45) is 0 Å². The first-order valence-electron chi connectivity index (χ1n) is 12.2. The Bertz CT molecular complexity index is 1120. The van der Waals surface area contributed by atoms with E-state index in [-0.39, 0.29) is 18.0 Å². The molecule has 5 rings (SSSR count). The second-order valence-electron chi connectivity index (χ2n) is 9.57. The molecule has 0 aromatic heterocycles. The molecule has 2 aliphatic rings. The number of piperazine rings is 1. The second kappa shape index (κ2) is 9.71. The number of aliphatic hydroxyl groups is 1. The minimum Gasteiger partial charge on any atom is -0.389 e. The van der Waals surface area contributed by atoms with Gasteiger partial charge in [0.25, 0.3) is 5.91 Å². The molecule has 3 aromatic rings. The molecule has 3 atom stereocenters.